The van der Waals surface area contributed by atoms with Gasteiger partial charge in [0.25, 0.3) is 11.7 Å². The Morgan fingerprint density at radius 2 is 1.68 bits per heavy atom. The Morgan fingerprint density at radius 1 is 1.08 bits per heavy atom. The number of hydrogen-bond acceptors (Lipinski definition) is 11. The number of carbonyl (C=O) groups excluding carboxylic acids is 4. The first-order chi connectivity index (χ1) is 17.6. The lowest BCUT2D eigenvalue weighted by atomic mass is 9.57. The van der Waals surface area contributed by atoms with Crippen LogP contribution >= 0.6 is 0 Å². The highest BCUT2D eigenvalue weighted by atomic mass is 16.4. The van der Waals surface area contributed by atoms with E-state index in [1.54, 1.807) is 14.1 Å². The van der Waals surface area contributed by atoms with Gasteiger partial charge in [-0.25, -0.2) is 4.79 Å². The molecule has 13 heteroatoms. The Bertz CT molecular complexity index is 1410. The van der Waals surface area contributed by atoms with E-state index in [4.69, 9.17) is 5.73 Å². The maximum atomic E-state index is 13.8. The van der Waals surface area contributed by atoms with Crippen LogP contribution in [-0.4, -0.2) is 99.5 Å². The number of Topliss-reactive ketones (excluding diaryl/α,β-unsaturated/α-hetero) is 3. The summed E-state index contributed by atoms with van der Waals surface area (Å²) < 4.78 is 0. The summed E-state index contributed by atoms with van der Waals surface area (Å²) in [5, 5.41) is 53.9. The summed E-state index contributed by atoms with van der Waals surface area (Å²) in [6.07, 6.45) is -0.105. The molecule has 1 aromatic rings. The number of hydrogen-bond donors (Lipinski definition) is 6. The number of carboxylic acids is 1. The van der Waals surface area contributed by atoms with Gasteiger partial charge in [0, 0.05) is 31.3 Å². The molecule has 0 bridgehead atoms. The van der Waals surface area contributed by atoms with Crippen LogP contribution in [-0.2, 0) is 25.6 Å². The van der Waals surface area contributed by atoms with Gasteiger partial charge in [-0.1, -0.05) is 0 Å². The van der Waals surface area contributed by atoms with E-state index in [-0.39, 0.29) is 18.4 Å². The van der Waals surface area contributed by atoms with E-state index in [0.717, 1.165) is 0 Å². The molecule has 1 fully saturated rings. The van der Waals surface area contributed by atoms with Gasteiger partial charge in [-0.3, -0.25) is 24.1 Å². The van der Waals surface area contributed by atoms with Crippen molar-refractivity contribution in [3.63, 3.8) is 0 Å². The molecule has 0 aliphatic heterocycles. The third kappa shape index (κ3) is 3.42. The number of likely N-dealkylation sites (N-methyl/N-ethyl adjacent to an activating group) is 1. The summed E-state index contributed by atoms with van der Waals surface area (Å²) in [5.74, 6) is -11.7. The predicted molar refractivity (Wildman–Crippen MR) is 131 cm³/mol. The number of phenolic OH excluding ortho intramolecular Hbond substituents is 1. The zero-order valence-corrected chi connectivity index (χ0v) is 21.0. The molecule has 202 valence electrons. The van der Waals surface area contributed by atoms with Gasteiger partial charge in [0.2, 0.25) is 5.78 Å². The fourth-order valence-corrected chi connectivity index (χ4v) is 5.98. The first-order valence-electron chi connectivity index (χ1n) is 11.6. The van der Waals surface area contributed by atoms with Gasteiger partial charge in [0.15, 0.2) is 11.4 Å². The number of fused-ring (bicyclic) bond motifs is 3. The maximum absolute atomic E-state index is 13.8. The van der Waals surface area contributed by atoms with Crippen LogP contribution in [0.15, 0.2) is 23.0 Å². The molecule has 0 aromatic heterocycles. The SMILES string of the molecule is CN(C)c1cc(C(=O)C(=O)O)c(O)c2c1C[C@H]1C[C@H]3[C@H](N(C)C)C(=O)C(C(N)=O)=C(O)[C@@]3(O)C(=O)C1=C2O. The van der Waals surface area contributed by atoms with Crippen molar-refractivity contribution in [2.24, 2.45) is 17.6 Å². The molecular weight excluding hydrogens is 502 g/mol. The number of carboxylic acid groups (broad SMARTS) is 1. The fourth-order valence-electron chi connectivity index (χ4n) is 5.98. The van der Waals surface area contributed by atoms with Crippen LogP contribution in [0.25, 0.3) is 5.76 Å². The van der Waals surface area contributed by atoms with Crippen LogP contribution in [0.3, 0.4) is 0 Å². The second-order valence-electron chi connectivity index (χ2n) is 10.1. The molecule has 3 aliphatic carbocycles. The summed E-state index contributed by atoms with van der Waals surface area (Å²) in [6, 6.07) is -0.0469. The molecule has 1 aromatic carbocycles. The van der Waals surface area contributed by atoms with E-state index in [1.807, 2.05) is 0 Å². The summed E-state index contributed by atoms with van der Waals surface area (Å²) >= 11 is 0. The Balaban J connectivity index is 2.03. The van der Waals surface area contributed by atoms with Gasteiger partial charge < -0.3 is 36.2 Å². The van der Waals surface area contributed by atoms with E-state index in [1.165, 1.54) is 30.0 Å². The van der Waals surface area contributed by atoms with Crippen LogP contribution in [0.1, 0.15) is 27.9 Å². The van der Waals surface area contributed by atoms with Gasteiger partial charge >= 0.3 is 5.97 Å². The lowest BCUT2D eigenvalue weighted by molar-refractivity contribution is -0.153. The molecule has 0 radical (unpaired) electrons. The van der Waals surface area contributed by atoms with Crippen molar-refractivity contribution >= 4 is 40.7 Å². The van der Waals surface area contributed by atoms with Crippen molar-refractivity contribution in [3.8, 4) is 5.75 Å². The molecule has 0 spiro atoms. The Labute approximate surface area is 216 Å². The number of benzene rings is 1. The van der Waals surface area contributed by atoms with E-state index >= 15 is 0 Å². The first-order valence-corrected chi connectivity index (χ1v) is 11.6. The molecular formula is C25H27N3O10. The number of aromatic hydroxyl groups is 1. The van der Waals surface area contributed by atoms with Crippen molar-refractivity contribution in [2.45, 2.75) is 24.5 Å². The van der Waals surface area contributed by atoms with Crippen LogP contribution in [0.4, 0.5) is 5.69 Å². The highest BCUT2D eigenvalue weighted by molar-refractivity contribution is 6.41. The summed E-state index contributed by atoms with van der Waals surface area (Å²) in [4.78, 5) is 65.6. The number of anilines is 1. The number of carbonyl (C=O) groups is 5. The molecule has 0 saturated heterocycles. The normalized spacial score (nSPS) is 26.6. The Morgan fingerprint density at radius 3 is 2.18 bits per heavy atom. The minimum atomic E-state index is -2.81. The predicted octanol–water partition coefficient (Wildman–Crippen LogP) is -0.703. The van der Waals surface area contributed by atoms with E-state index in [2.05, 4.69) is 0 Å². The third-order valence-corrected chi connectivity index (χ3v) is 7.62. The van der Waals surface area contributed by atoms with Crippen LogP contribution in [0.5, 0.6) is 5.75 Å². The molecule has 4 atom stereocenters. The maximum Gasteiger partial charge on any atom is 0.377 e. The minimum Gasteiger partial charge on any atom is -0.508 e. The Hall–Kier alpha value is -4.23. The molecule has 0 heterocycles. The lowest BCUT2D eigenvalue weighted by Crippen LogP contribution is -2.65. The van der Waals surface area contributed by atoms with Gasteiger partial charge in [0.1, 0.15) is 22.8 Å². The number of aliphatic hydroxyl groups excluding tert-OH is 2. The zero-order valence-electron chi connectivity index (χ0n) is 21.0. The molecule has 4 rings (SSSR count). The number of primary amides is 1. The Kier molecular flexibility index (Phi) is 6.12. The molecule has 3 aliphatic rings. The van der Waals surface area contributed by atoms with Gasteiger partial charge in [0.05, 0.1) is 17.2 Å². The number of amides is 1. The highest BCUT2D eigenvalue weighted by Crippen LogP contribution is 2.54. The number of nitrogens with two attached hydrogens (primary N) is 1. The van der Waals surface area contributed by atoms with Crippen molar-refractivity contribution in [3.05, 3.63) is 39.7 Å². The van der Waals surface area contributed by atoms with E-state index in [0.29, 0.717) is 11.3 Å². The number of nitrogens with zero attached hydrogens (tertiary/aromatic N) is 2. The highest BCUT2D eigenvalue weighted by Gasteiger charge is 2.64. The third-order valence-electron chi connectivity index (χ3n) is 7.62. The van der Waals surface area contributed by atoms with Crippen LogP contribution in [0.2, 0.25) is 0 Å². The molecule has 1 saturated carbocycles. The van der Waals surface area contributed by atoms with Crippen molar-refractivity contribution < 1.29 is 49.5 Å². The summed E-state index contributed by atoms with van der Waals surface area (Å²) in [6.45, 7) is 0. The van der Waals surface area contributed by atoms with Gasteiger partial charge in [-0.05, 0) is 44.5 Å². The number of aliphatic carboxylic acids is 1. The number of rotatable bonds is 5. The number of aliphatic hydroxyl groups is 3. The largest absolute Gasteiger partial charge is 0.508 e. The molecule has 0 unspecified atom stereocenters. The first kappa shape index (κ1) is 26.8. The molecule has 7 N–H and O–H groups in total. The number of phenols is 1. The summed E-state index contributed by atoms with van der Waals surface area (Å²) in [7, 11) is 6.19. The number of ketones is 3. The van der Waals surface area contributed by atoms with E-state index in [9.17, 15) is 49.5 Å². The quantitative estimate of drug-likeness (QED) is 0.158. The molecule has 38 heavy (non-hydrogen) atoms. The fraction of sp³-hybridized carbons (Fsp3) is 0.400. The minimum absolute atomic E-state index is 0.00282. The van der Waals surface area contributed by atoms with Crippen LogP contribution in [0, 0.1) is 11.8 Å². The lowest BCUT2D eigenvalue weighted by Gasteiger charge is -2.50. The second kappa shape index (κ2) is 8.67. The van der Waals surface area contributed by atoms with E-state index < -0.39 is 86.7 Å². The van der Waals surface area contributed by atoms with Gasteiger partial charge in [-0.2, -0.15) is 0 Å². The van der Waals surface area contributed by atoms with Crippen molar-refractivity contribution in [1.82, 2.24) is 4.90 Å². The molecule has 13 nitrogen and oxygen atoms in total. The average molecular weight is 530 g/mol. The molecule has 1 amide bonds. The zero-order chi connectivity index (χ0) is 28.6. The monoisotopic (exact) mass is 529 g/mol. The smallest absolute Gasteiger partial charge is 0.377 e. The topological polar surface area (TPSA) is 219 Å². The summed E-state index contributed by atoms with van der Waals surface area (Å²) in [5.41, 5.74) is 0.764. The average Bonchev–Trinajstić information content (AvgIpc) is 2.80. The van der Waals surface area contributed by atoms with Crippen LogP contribution < -0.4 is 10.6 Å². The second-order valence-corrected chi connectivity index (χ2v) is 10.1. The van der Waals surface area contributed by atoms with Gasteiger partial charge in [-0.15, -0.1) is 0 Å². The standard InChI is InChI=1S/C25H27N3O10/c1-27(2)12-7-10(18(30)24(36)37)17(29)14-9(12)5-8-6-11-16(28(3)4)20(32)15(23(26)35)22(34)25(11,38)21(33)13(8)19(14)31/h7-8,11,16,29,31,34,38H,5-6H2,1-4H3,(H2,26,35)(H,36,37)/t8-,11-,16-,25-/m0/s1. The van der Waals surface area contributed by atoms with Crippen molar-refractivity contribution in [1.29, 1.82) is 0 Å². The van der Waals surface area contributed by atoms with Crippen molar-refractivity contribution in [2.75, 3.05) is 33.1 Å².